The largest absolute Gasteiger partial charge is 0.319 e. The predicted octanol–water partition coefficient (Wildman–Crippen LogP) is 0.647. The molecule has 1 aliphatic carbocycles. The van der Waals surface area contributed by atoms with Crippen molar-refractivity contribution >= 4 is 10.2 Å². The molecule has 3 aliphatic rings. The molecule has 2 heterocycles. The van der Waals surface area contributed by atoms with E-state index in [0.717, 1.165) is 38.8 Å². The van der Waals surface area contributed by atoms with Crippen LogP contribution in [0.2, 0.25) is 0 Å². The minimum Gasteiger partial charge on any atom is -0.319 e. The summed E-state index contributed by atoms with van der Waals surface area (Å²) in [5.74, 6) is 1.26. The van der Waals surface area contributed by atoms with E-state index in [1.807, 2.05) is 7.05 Å². The van der Waals surface area contributed by atoms with Crippen LogP contribution in [0.5, 0.6) is 0 Å². The fraction of sp³-hybridized carbons (Fsp3) is 1.00. The van der Waals surface area contributed by atoms with E-state index in [1.54, 1.807) is 8.61 Å². The summed E-state index contributed by atoms with van der Waals surface area (Å²) >= 11 is 0. The van der Waals surface area contributed by atoms with Gasteiger partial charge in [0.15, 0.2) is 0 Å². The van der Waals surface area contributed by atoms with Gasteiger partial charge in [-0.05, 0) is 57.5 Å². The number of rotatable bonds is 4. The fourth-order valence-corrected chi connectivity index (χ4v) is 5.88. The first-order chi connectivity index (χ1) is 9.11. The van der Waals surface area contributed by atoms with E-state index >= 15 is 0 Å². The molecular formula is C13H25N3O2S. The molecule has 2 unspecified atom stereocenters. The average Bonchev–Trinajstić information content (AvgIpc) is 3.02. The molecule has 3 rings (SSSR count). The highest BCUT2D eigenvalue weighted by Crippen LogP contribution is 2.40. The van der Waals surface area contributed by atoms with Gasteiger partial charge in [0.2, 0.25) is 0 Å². The van der Waals surface area contributed by atoms with Crippen molar-refractivity contribution in [3.05, 3.63) is 0 Å². The van der Waals surface area contributed by atoms with E-state index < -0.39 is 10.2 Å². The first kappa shape index (κ1) is 13.8. The second-order valence-electron chi connectivity index (χ2n) is 6.31. The Morgan fingerprint density at radius 1 is 1.16 bits per heavy atom. The molecule has 0 spiro atoms. The van der Waals surface area contributed by atoms with Gasteiger partial charge in [0, 0.05) is 25.7 Å². The molecule has 0 aromatic carbocycles. The highest BCUT2D eigenvalue weighted by molar-refractivity contribution is 7.86. The highest BCUT2D eigenvalue weighted by Gasteiger charge is 2.46. The molecule has 6 heteroatoms. The molecule has 2 aliphatic heterocycles. The average molecular weight is 287 g/mol. The van der Waals surface area contributed by atoms with Gasteiger partial charge in [-0.3, -0.25) is 0 Å². The maximum Gasteiger partial charge on any atom is 0.282 e. The van der Waals surface area contributed by atoms with Crippen molar-refractivity contribution in [1.82, 2.24) is 13.9 Å². The Hall–Kier alpha value is -0.170. The van der Waals surface area contributed by atoms with Crippen LogP contribution in [0.1, 0.15) is 32.1 Å². The van der Waals surface area contributed by atoms with Crippen molar-refractivity contribution in [3.8, 4) is 0 Å². The molecule has 19 heavy (non-hydrogen) atoms. The zero-order chi connectivity index (χ0) is 13.5. The van der Waals surface area contributed by atoms with Crippen molar-refractivity contribution in [3.63, 3.8) is 0 Å². The molecule has 110 valence electrons. The molecule has 0 aromatic rings. The number of hydrogen-bond acceptors (Lipinski definition) is 3. The summed E-state index contributed by atoms with van der Waals surface area (Å²) in [4.78, 5) is 0. The normalized spacial score (nSPS) is 34.2. The van der Waals surface area contributed by atoms with Crippen LogP contribution in [0.15, 0.2) is 0 Å². The van der Waals surface area contributed by atoms with E-state index in [4.69, 9.17) is 0 Å². The van der Waals surface area contributed by atoms with Gasteiger partial charge in [-0.25, -0.2) is 0 Å². The Morgan fingerprint density at radius 2 is 1.89 bits per heavy atom. The third kappa shape index (κ3) is 2.55. The van der Waals surface area contributed by atoms with Crippen molar-refractivity contribution in [2.45, 2.75) is 38.1 Å². The van der Waals surface area contributed by atoms with Gasteiger partial charge in [0.25, 0.3) is 10.2 Å². The monoisotopic (exact) mass is 287 g/mol. The van der Waals surface area contributed by atoms with Crippen molar-refractivity contribution in [2.24, 2.45) is 11.8 Å². The minimum atomic E-state index is -3.18. The van der Waals surface area contributed by atoms with Crippen LogP contribution in [0.4, 0.5) is 0 Å². The third-order valence-corrected chi connectivity index (χ3v) is 7.11. The molecular weight excluding hydrogens is 262 g/mol. The van der Waals surface area contributed by atoms with Crippen LogP contribution < -0.4 is 5.32 Å². The topological polar surface area (TPSA) is 52.7 Å². The number of nitrogens with one attached hydrogen (secondary N) is 1. The van der Waals surface area contributed by atoms with Crippen LogP contribution in [0.3, 0.4) is 0 Å². The van der Waals surface area contributed by atoms with E-state index in [0.29, 0.717) is 31.0 Å². The number of fused-ring (bicyclic) bond motifs is 2. The van der Waals surface area contributed by atoms with Crippen LogP contribution in [0.25, 0.3) is 0 Å². The zero-order valence-corrected chi connectivity index (χ0v) is 12.5. The molecule has 2 atom stereocenters. The number of hydrogen-bond donors (Lipinski definition) is 1. The molecule has 2 saturated heterocycles. The van der Waals surface area contributed by atoms with Crippen molar-refractivity contribution in [2.75, 3.05) is 33.2 Å². The Bertz CT molecular complexity index is 418. The van der Waals surface area contributed by atoms with E-state index in [-0.39, 0.29) is 0 Å². The predicted molar refractivity (Wildman–Crippen MR) is 75.0 cm³/mol. The third-order valence-electron chi connectivity index (χ3n) is 5.05. The van der Waals surface area contributed by atoms with Gasteiger partial charge < -0.3 is 5.32 Å². The second-order valence-corrected chi connectivity index (χ2v) is 8.19. The van der Waals surface area contributed by atoms with Crippen LogP contribution in [-0.2, 0) is 10.2 Å². The quantitative estimate of drug-likeness (QED) is 0.826. The molecule has 0 amide bonds. The SMILES string of the molecule is CNCC1CCN(S(=O)(=O)N2CC3CCC2C3)CC1. The van der Waals surface area contributed by atoms with Crippen molar-refractivity contribution < 1.29 is 8.42 Å². The molecule has 0 aromatic heterocycles. The van der Waals surface area contributed by atoms with E-state index in [9.17, 15) is 8.42 Å². The summed E-state index contributed by atoms with van der Waals surface area (Å²) in [5, 5.41) is 3.19. The summed E-state index contributed by atoms with van der Waals surface area (Å²) in [6, 6.07) is 0.296. The molecule has 5 nitrogen and oxygen atoms in total. The molecule has 2 bridgehead atoms. The minimum absolute atomic E-state index is 0.296. The Morgan fingerprint density at radius 3 is 2.42 bits per heavy atom. The van der Waals surface area contributed by atoms with Gasteiger partial charge in [-0.15, -0.1) is 0 Å². The summed E-state index contributed by atoms with van der Waals surface area (Å²) in [6.07, 6.45) is 5.36. The van der Waals surface area contributed by atoms with Gasteiger partial charge in [0.1, 0.15) is 0 Å². The maximum atomic E-state index is 12.7. The van der Waals surface area contributed by atoms with Gasteiger partial charge in [-0.2, -0.15) is 17.0 Å². The fourth-order valence-electron chi connectivity index (χ4n) is 3.94. The van der Waals surface area contributed by atoms with E-state index in [1.165, 1.54) is 6.42 Å². The summed E-state index contributed by atoms with van der Waals surface area (Å²) < 4.78 is 28.9. The highest BCUT2D eigenvalue weighted by atomic mass is 32.2. The maximum absolute atomic E-state index is 12.7. The van der Waals surface area contributed by atoms with E-state index in [2.05, 4.69) is 5.32 Å². The lowest BCUT2D eigenvalue weighted by molar-refractivity contribution is 0.239. The van der Waals surface area contributed by atoms with Crippen LogP contribution in [0, 0.1) is 11.8 Å². The summed E-state index contributed by atoms with van der Waals surface area (Å²) in [5.41, 5.74) is 0. The second kappa shape index (κ2) is 5.31. The molecule has 1 N–H and O–H groups in total. The van der Waals surface area contributed by atoms with Crippen LogP contribution in [-0.4, -0.2) is 56.3 Å². The Balaban J connectivity index is 1.62. The van der Waals surface area contributed by atoms with Gasteiger partial charge >= 0.3 is 0 Å². The molecule has 0 radical (unpaired) electrons. The molecule has 1 saturated carbocycles. The van der Waals surface area contributed by atoms with Gasteiger partial charge in [-0.1, -0.05) is 0 Å². The summed E-state index contributed by atoms with van der Waals surface area (Å²) in [6.45, 7) is 3.16. The number of nitrogens with zero attached hydrogens (tertiary/aromatic N) is 2. The zero-order valence-electron chi connectivity index (χ0n) is 11.7. The van der Waals surface area contributed by atoms with Crippen molar-refractivity contribution in [1.29, 1.82) is 0 Å². The Labute approximate surface area is 116 Å². The lowest BCUT2D eigenvalue weighted by Gasteiger charge is -2.36. The van der Waals surface area contributed by atoms with Gasteiger partial charge in [0.05, 0.1) is 0 Å². The Kier molecular flexibility index (Phi) is 3.86. The summed E-state index contributed by atoms with van der Waals surface area (Å²) in [7, 11) is -1.22. The first-order valence-electron chi connectivity index (χ1n) is 7.52. The van der Waals surface area contributed by atoms with Crippen LogP contribution >= 0.6 is 0 Å². The lowest BCUT2D eigenvalue weighted by atomic mass is 9.98. The standard InChI is InChI=1S/C13H25N3O2S/c1-14-9-11-4-6-15(7-5-11)19(17,18)16-10-12-2-3-13(16)8-12/h11-14H,2-10H2,1H3. The lowest BCUT2D eigenvalue weighted by Crippen LogP contribution is -2.50. The number of piperidine rings is 2. The molecule has 3 fully saturated rings. The smallest absolute Gasteiger partial charge is 0.282 e. The first-order valence-corrected chi connectivity index (χ1v) is 8.92.